The fourth-order valence-corrected chi connectivity index (χ4v) is 3.29. The molecule has 1 heterocycles. The van der Waals surface area contributed by atoms with Crippen molar-refractivity contribution < 1.29 is 9.05 Å². The smallest absolute Gasteiger partial charge is 0.185 e. The highest BCUT2D eigenvalue weighted by molar-refractivity contribution is 8.09. The topological polar surface area (TPSA) is 21.7 Å². The largest absolute Gasteiger partial charge is 0.330 e. The Balaban J connectivity index is 2.11. The summed E-state index contributed by atoms with van der Waals surface area (Å²) in [7, 11) is 0. The Labute approximate surface area is 98.3 Å². The molecule has 1 aliphatic rings. The van der Waals surface area contributed by atoms with Crippen LogP contribution in [0.5, 0.6) is 0 Å². The third-order valence-corrected chi connectivity index (χ3v) is 4.56. The molecule has 0 aliphatic carbocycles. The molecule has 3 nitrogen and oxygen atoms in total. The zero-order valence-electron chi connectivity index (χ0n) is 9.78. The Morgan fingerprint density at radius 1 is 1.20 bits per heavy atom. The van der Waals surface area contributed by atoms with Crippen LogP contribution in [0.1, 0.15) is 26.2 Å². The number of piperidine rings is 1. The van der Waals surface area contributed by atoms with Crippen LogP contribution in [0.2, 0.25) is 0 Å². The molecule has 1 aliphatic heterocycles. The minimum Gasteiger partial charge on any atom is -0.330 e. The highest BCUT2D eigenvalue weighted by Crippen LogP contribution is 2.43. The molecule has 1 unspecified atom stereocenters. The number of rotatable bonds is 6. The van der Waals surface area contributed by atoms with Crippen LogP contribution in [0, 0.1) is 0 Å². The van der Waals surface area contributed by atoms with E-state index in [1.165, 1.54) is 32.4 Å². The molecule has 0 radical (unpaired) electrons. The first-order chi connectivity index (χ1) is 7.14. The van der Waals surface area contributed by atoms with Crippen LogP contribution in [-0.2, 0) is 20.9 Å². The maximum absolute atomic E-state index is 5.63. The lowest BCUT2D eigenvalue weighted by Gasteiger charge is -2.27. The summed E-state index contributed by atoms with van der Waals surface area (Å²) in [5.74, 6) is 0. The maximum atomic E-state index is 5.63. The normalized spacial score (nSPS) is 22.5. The minimum absolute atomic E-state index is 0.650. The first kappa shape index (κ1) is 13.6. The van der Waals surface area contributed by atoms with Gasteiger partial charge >= 0.3 is 0 Å². The molecule has 5 heteroatoms. The van der Waals surface area contributed by atoms with Crippen LogP contribution < -0.4 is 0 Å². The van der Waals surface area contributed by atoms with Gasteiger partial charge < -0.3 is 13.9 Å². The third-order valence-electron chi connectivity index (χ3n) is 2.55. The Bertz CT molecular complexity index is 219. The van der Waals surface area contributed by atoms with Crippen LogP contribution in [0.25, 0.3) is 0 Å². The SMILES string of the molecule is CCOP(C)(=S)OCCN1CCCCC1. The van der Waals surface area contributed by atoms with Crippen molar-refractivity contribution in [1.82, 2.24) is 4.90 Å². The highest BCUT2D eigenvalue weighted by atomic mass is 32.5. The van der Waals surface area contributed by atoms with Gasteiger partial charge in [-0.15, -0.1) is 0 Å². The van der Waals surface area contributed by atoms with Gasteiger partial charge in [0.1, 0.15) is 0 Å². The van der Waals surface area contributed by atoms with Gasteiger partial charge in [0.25, 0.3) is 0 Å². The lowest BCUT2D eigenvalue weighted by molar-refractivity contribution is 0.176. The molecule has 1 saturated heterocycles. The van der Waals surface area contributed by atoms with Gasteiger partial charge in [-0.25, -0.2) is 0 Å². The Morgan fingerprint density at radius 2 is 1.87 bits per heavy atom. The molecule has 0 aromatic heterocycles. The van der Waals surface area contributed by atoms with Gasteiger partial charge in [-0.05, 0) is 44.7 Å². The van der Waals surface area contributed by atoms with Crippen molar-refractivity contribution in [3.05, 3.63) is 0 Å². The molecule has 0 aromatic rings. The van der Waals surface area contributed by atoms with Gasteiger partial charge in [-0.2, -0.15) is 0 Å². The summed E-state index contributed by atoms with van der Waals surface area (Å²) in [6.07, 6.45) is 4.03. The van der Waals surface area contributed by atoms with E-state index in [4.69, 9.17) is 20.9 Å². The van der Waals surface area contributed by atoms with E-state index in [2.05, 4.69) is 4.90 Å². The van der Waals surface area contributed by atoms with Gasteiger partial charge in [-0.3, -0.25) is 0 Å². The fourth-order valence-electron chi connectivity index (χ4n) is 1.79. The summed E-state index contributed by atoms with van der Waals surface area (Å²) in [4.78, 5) is 2.45. The monoisotopic (exact) mass is 251 g/mol. The minimum atomic E-state index is -1.95. The van der Waals surface area contributed by atoms with E-state index in [9.17, 15) is 0 Å². The molecule has 0 spiro atoms. The van der Waals surface area contributed by atoms with Gasteiger partial charge in [-0.1, -0.05) is 6.42 Å². The number of hydrogen-bond acceptors (Lipinski definition) is 4. The van der Waals surface area contributed by atoms with E-state index in [1.54, 1.807) is 0 Å². The average molecular weight is 251 g/mol. The second kappa shape index (κ2) is 6.97. The Hall–Kier alpha value is 0.530. The number of hydrogen-bond donors (Lipinski definition) is 0. The van der Waals surface area contributed by atoms with Crippen molar-refractivity contribution >= 4 is 18.3 Å². The Morgan fingerprint density at radius 3 is 2.47 bits per heavy atom. The van der Waals surface area contributed by atoms with Crippen molar-refractivity contribution in [3.63, 3.8) is 0 Å². The van der Waals surface area contributed by atoms with Crippen molar-refractivity contribution in [2.45, 2.75) is 26.2 Å². The van der Waals surface area contributed by atoms with Crippen LogP contribution >= 0.6 is 6.49 Å². The molecule has 1 fully saturated rings. The highest BCUT2D eigenvalue weighted by Gasteiger charge is 2.13. The summed E-state index contributed by atoms with van der Waals surface area (Å²) < 4.78 is 11.0. The molecular weight excluding hydrogens is 229 g/mol. The molecule has 0 saturated carbocycles. The molecule has 0 aromatic carbocycles. The molecule has 90 valence electrons. The summed E-state index contributed by atoms with van der Waals surface area (Å²) in [5, 5.41) is 0. The molecule has 0 bridgehead atoms. The van der Waals surface area contributed by atoms with Crippen molar-refractivity contribution in [1.29, 1.82) is 0 Å². The van der Waals surface area contributed by atoms with E-state index < -0.39 is 6.49 Å². The summed E-state index contributed by atoms with van der Waals surface area (Å²) in [6.45, 7) is 6.70. The second-order valence-electron chi connectivity index (χ2n) is 3.92. The molecule has 0 amide bonds. The van der Waals surface area contributed by atoms with Crippen LogP contribution in [0.15, 0.2) is 0 Å². The van der Waals surface area contributed by atoms with Crippen LogP contribution in [0.3, 0.4) is 0 Å². The van der Waals surface area contributed by atoms with Crippen LogP contribution in [0.4, 0.5) is 0 Å². The van der Waals surface area contributed by atoms with E-state index in [0.29, 0.717) is 13.2 Å². The van der Waals surface area contributed by atoms with Crippen molar-refractivity contribution in [2.24, 2.45) is 0 Å². The zero-order chi connectivity index (χ0) is 11.1. The average Bonchev–Trinajstić information content (AvgIpc) is 2.19. The fraction of sp³-hybridized carbons (Fsp3) is 1.00. The van der Waals surface area contributed by atoms with Gasteiger partial charge in [0.2, 0.25) is 0 Å². The van der Waals surface area contributed by atoms with Gasteiger partial charge in [0, 0.05) is 13.2 Å². The van der Waals surface area contributed by atoms with E-state index in [-0.39, 0.29) is 0 Å². The van der Waals surface area contributed by atoms with Crippen LogP contribution in [-0.4, -0.2) is 44.4 Å². The molecule has 1 atom stereocenters. The zero-order valence-corrected chi connectivity index (χ0v) is 11.5. The van der Waals surface area contributed by atoms with E-state index in [0.717, 1.165) is 6.54 Å². The van der Waals surface area contributed by atoms with Gasteiger partial charge in [0.05, 0.1) is 13.2 Å². The maximum Gasteiger partial charge on any atom is 0.185 e. The van der Waals surface area contributed by atoms with Crippen molar-refractivity contribution in [3.8, 4) is 0 Å². The molecule has 1 rings (SSSR count). The quantitative estimate of drug-likeness (QED) is 0.676. The van der Waals surface area contributed by atoms with Gasteiger partial charge in [0.15, 0.2) is 6.49 Å². The predicted molar refractivity (Wildman–Crippen MR) is 68.1 cm³/mol. The lowest BCUT2D eigenvalue weighted by Crippen LogP contribution is -2.32. The van der Waals surface area contributed by atoms with E-state index in [1.807, 2.05) is 13.6 Å². The molecule has 0 N–H and O–H groups in total. The van der Waals surface area contributed by atoms with E-state index >= 15 is 0 Å². The first-order valence-corrected chi connectivity index (χ1v) is 8.81. The summed E-state index contributed by atoms with van der Waals surface area (Å²) in [5.41, 5.74) is 0. The standard InChI is InChI=1S/C10H22NO2PS/c1-3-12-14(2,15)13-10-9-11-7-5-4-6-8-11/h3-10H2,1-2H3. The van der Waals surface area contributed by atoms with Crippen molar-refractivity contribution in [2.75, 3.05) is 39.5 Å². The second-order valence-corrected chi connectivity index (χ2v) is 7.97. The Kier molecular flexibility index (Phi) is 6.32. The summed E-state index contributed by atoms with van der Waals surface area (Å²) >= 11 is 5.26. The number of nitrogens with zero attached hydrogens (tertiary/aromatic N) is 1. The predicted octanol–water partition coefficient (Wildman–Crippen LogP) is 2.46. The first-order valence-electron chi connectivity index (χ1n) is 5.73. The third kappa shape index (κ3) is 5.98. The number of likely N-dealkylation sites (tertiary alicyclic amines) is 1. The lowest BCUT2D eigenvalue weighted by atomic mass is 10.1. The molecule has 15 heavy (non-hydrogen) atoms. The summed E-state index contributed by atoms with van der Waals surface area (Å²) in [6, 6.07) is 0. The molecular formula is C10H22NO2PS.